The number of anilines is 1. The van der Waals surface area contributed by atoms with Gasteiger partial charge in [0.25, 0.3) is 5.91 Å². The van der Waals surface area contributed by atoms with Crippen LogP contribution in [0.2, 0.25) is 0 Å². The fourth-order valence-electron chi connectivity index (χ4n) is 2.48. The van der Waals surface area contributed by atoms with Crippen LogP contribution in [-0.2, 0) is 6.54 Å². The summed E-state index contributed by atoms with van der Waals surface area (Å²) in [7, 11) is 1.85. The molecule has 1 aromatic carbocycles. The van der Waals surface area contributed by atoms with Gasteiger partial charge in [0, 0.05) is 31.5 Å². The third-order valence-electron chi connectivity index (χ3n) is 4.11. The van der Waals surface area contributed by atoms with Crippen LogP contribution in [0.15, 0.2) is 54.9 Å². The van der Waals surface area contributed by atoms with Crippen molar-refractivity contribution in [3.63, 3.8) is 0 Å². The van der Waals surface area contributed by atoms with Crippen LogP contribution in [0, 0.1) is 5.82 Å². The van der Waals surface area contributed by atoms with Gasteiger partial charge < -0.3 is 10.2 Å². The van der Waals surface area contributed by atoms with E-state index in [0.29, 0.717) is 35.9 Å². The largest absolute Gasteiger partial charge is 0.359 e. The van der Waals surface area contributed by atoms with E-state index in [1.165, 1.54) is 18.3 Å². The molecule has 3 rings (SSSR count). The van der Waals surface area contributed by atoms with Crippen LogP contribution in [0.3, 0.4) is 0 Å². The maximum atomic E-state index is 13.2. The van der Waals surface area contributed by atoms with Crippen LogP contribution in [0.25, 0.3) is 11.4 Å². The Morgan fingerprint density at radius 1 is 1.15 bits per heavy atom. The zero-order valence-corrected chi connectivity index (χ0v) is 15.2. The van der Waals surface area contributed by atoms with Gasteiger partial charge in [0.1, 0.15) is 17.2 Å². The van der Waals surface area contributed by atoms with Gasteiger partial charge in [-0.05, 0) is 43.3 Å². The summed E-state index contributed by atoms with van der Waals surface area (Å²) in [6, 6.07) is 11.5. The highest BCUT2D eigenvalue weighted by molar-refractivity contribution is 5.98. The third-order valence-corrected chi connectivity index (χ3v) is 4.11. The number of benzene rings is 1. The van der Waals surface area contributed by atoms with E-state index >= 15 is 0 Å². The molecule has 0 aliphatic heterocycles. The van der Waals surface area contributed by atoms with Crippen molar-refractivity contribution in [1.29, 1.82) is 0 Å². The molecule has 0 bridgehead atoms. The summed E-state index contributed by atoms with van der Waals surface area (Å²) in [6.07, 6.45) is 3.18. The highest BCUT2D eigenvalue weighted by atomic mass is 19.1. The van der Waals surface area contributed by atoms with E-state index in [9.17, 15) is 9.18 Å². The highest BCUT2D eigenvalue weighted by Gasteiger charge is 2.18. The van der Waals surface area contributed by atoms with E-state index in [1.54, 1.807) is 18.3 Å². The van der Waals surface area contributed by atoms with E-state index < -0.39 is 0 Å². The lowest BCUT2D eigenvalue weighted by Crippen LogP contribution is -2.28. The molecule has 7 heteroatoms. The summed E-state index contributed by atoms with van der Waals surface area (Å²) in [5.41, 5.74) is 1.82. The Labute approximate surface area is 157 Å². The number of carbonyl (C=O) groups is 1. The number of hydrogen-bond acceptors (Lipinski definition) is 5. The lowest BCUT2D eigenvalue weighted by molar-refractivity contribution is 0.0950. The maximum absolute atomic E-state index is 13.2. The van der Waals surface area contributed by atoms with Crippen molar-refractivity contribution in [2.75, 3.05) is 18.5 Å². The minimum atomic E-state index is -0.324. The van der Waals surface area contributed by atoms with Crippen molar-refractivity contribution >= 4 is 11.7 Å². The molecule has 1 amide bonds. The van der Waals surface area contributed by atoms with Gasteiger partial charge in [0.05, 0.1) is 12.2 Å². The molecule has 6 nitrogen and oxygen atoms in total. The van der Waals surface area contributed by atoms with Gasteiger partial charge in [-0.1, -0.05) is 6.07 Å². The van der Waals surface area contributed by atoms with E-state index in [2.05, 4.69) is 20.3 Å². The van der Waals surface area contributed by atoms with Crippen LogP contribution < -0.4 is 10.2 Å². The van der Waals surface area contributed by atoms with Crippen molar-refractivity contribution < 1.29 is 9.18 Å². The lowest BCUT2D eigenvalue weighted by Gasteiger charge is -2.19. The van der Waals surface area contributed by atoms with Crippen LogP contribution in [0.5, 0.6) is 0 Å². The Kier molecular flexibility index (Phi) is 5.71. The summed E-state index contributed by atoms with van der Waals surface area (Å²) in [5, 5.41) is 2.84. The summed E-state index contributed by atoms with van der Waals surface area (Å²) in [4.78, 5) is 27.5. The average Bonchev–Trinajstić information content (AvgIpc) is 2.72. The van der Waals surface area contributed by atoms with E-state index in [4.69, 9.17) is 0 Å². The molecule has 0 fully saturated rings. The summed E-state index contributed by atoms with van der Waals surface area (Å²) in [5.74, 6) is 0.355. The first-order chi connectivity index (χ1) is 13.1. The van der Waals surface area contributed by atoms with Gasteiger partial charge in [0.15, 0.2) is 5.82 Å². The number of nitrogens with one attached hydrogen (secondary N) is 1. The molecule has 2 aromatic heterocycles. The molecule has 0 saturated heterocycles. The zero-order chi connectivity index (χ0) is 19.2. The second kappa shape index (κ2) is 8.35. The Balaban J connectivity index is 1.87. The molecule has 2 heterocycles. The topological polar surface area (TPSA) is 71.0 Å². The number of aromatic nitrogens is 3. The second-order valence-corrected chi connectivity index (χ2v) is 5.96. The minimum absolute atomic E-state index is 0.276. The van der Waals surface area contributed by atoms with Gasteiger partial charge in [-0.2, -0.15) is 0 Å². The molecule has 0 aliphatic rings. The Morgan fingerprint density at radius 3 is 2.59 bits per heavy atom. The van der Waals surface area contributed by atoms with Crippen molar-refractivity contribution in [2.45, 2.75) is 13.5 Å². The second-order valence-electron chi connectivity index (χ2n) is 5.96. The first-order valence-electron chi connectivity index (χ1n) is 8.60. The zero-order valence-electron chi connectivity index (χ0n) is 15.2. The molecule has 0 radical (unpaired) electrons. The third kappa shape index (κ3) is 4.44. The van der Waals surface area contributed by atoms with E-state index in [1.807, 2.05) is 37.1 Å². The van der Waals surface area contributed by atoms with Gasteiger partial charge in [-0.15, -0.1) is 0 Å². The monoisotopic (exact) mass is 365 g/mol. The average molecular weight is 365 g/mol. The van der Waals surface area contributed by atoms with Crippen LogP contribution in [-0.4, -0.2) is 34.5 Å². The summed E-state index contributed by atoms with van der Waals surface area (Å²) >= 11 is 0. The number of amides is 1. The molecule has 0 atom stereocenters. The molecule has 0 unspecified atom stereocenters. The first-order valence-corrected chi connectivity index (χ1v) is 8.60. The summed E-state index contributed by atoms with van der Waals surface area (Å²) in [6.45, 7) is 2.95. The molecule has 0 aliphatic carbocycles. The Hall–Kier alpha value is -3.35. The normalized spacial score (nSPS) is 10.5. The van der Waals surface area contributed by atoms with Gasteiger partial charge in [-0.3, -0.25) is 9.78 Å². The lowest BCUT2D eigenvalue weighted by atomic mass is 10.2. The maximum Gasteiger partial charge on any atom is 0.256 e. The smallest absolute Gasteiger partial charge is 0.256 e. The number of nitrogens with zero attached hydrogens (tertiary/aromatic N) is 4. The number of halogens is 1. The minimum Gasteiger partial charge on any atom is -0.359 e. The van der Waals surface area contributed by atoms with Crippen LogP contribution >= 0.6 is 0 Å². The fourth-order valence-corrected chi connectivity index (χ4v) is 2.48. The number of hydrogen-bond donors (Lipinski definition) is 1. The quantitative estimate of drug-likeness (QED) is 0.727. The highest BCUT2D eigenvalue weighted by Crippen LogP contribution is 2.22. The van der Waals surface area contributed by atoms with Crippen LogP contribution in [0.1, 0.15) is 23.0 Å². The molecule has 27 heavy (non-hydrogen) atoms. The van der Waals surface area contributed by atoms with E-state index in [0.717, 1.165) is 5.69 Å². The van der Waals surface area contributed by atoms with Gasteiger partial charge in [-0.25, -0.2) is 14.4 Å². The van der Waals surface area contributed by atoms with E-state index in [-0.39, 0.29) is 11.7 Å². The number of pyridine rings is 1. The Bertz CT molecular complexity index is 915. The Morgan fingerprint density at radius 2 is 1.93 bits per heavy atom. The SMILES string of the molecule is CCN(C)c1nc(-c2ccc(F)cc2)ncc1C(=O)NCc1ccccn1. The molecule has 138 valence electrons. The van der Waals surface area contributed by atoms with Gasteiger partial charge in [0.2, 0.25) is 0 Å². The summed E-state index contributed by atoms with van der Waals surface area (Å²) < 4.78 is 13.2. The fraction of sp³-hybridized carbons (Fsp3) is 0.200. The molecule has 0 saturated carbocycles. The standard InChI is InChI=1S/C20H20FN5O/c1-3-26(2)19-17(20(27)24-12-16-6-4-5-11-22-16)13-23-18(25-19)14-7-9-15(21)10-8-14/h4-11,13H,3,12H2,1-2H3,(H,24,27). The first kappa shape index (κ1) is 18.4. The predicted octanol–water partition coefficient (Wildman–Crippen LogP) is 3.06. The molecular weight excluding hydrogens is 345 g/mol. The molecule has 3 aromatic rings. The number of rotatable bonds is 6. The van der Waals surface area contributed by atoms with Gasteiger partial charge >= 0.3 is 0 Å². The number of carbonyl (C=O) groups excluding carboxylic acids is 1. The molecule has 0 spiro atoms. The van der Waals surface area contributed by atoms with Crippen molar-refractivity contribution in [3.8, 4) is 11.4 Å². The molecular formula is C20H20FN5O. The van der Waals surface area contributed by atoms with Crippen molar-refractivity contribution in [3.05, 3.63) is 71.9 Å². The van der Waals surface area contributed by atoms with Crippen molar-refractivity contribution in [1.82, 2.24) is 20.3 Å². The predicted molar refractivity (Wildman–Crippen MR) is 102 cm³/mol. The van der Waals surface area contributed by atoms with Crippen LogP contribution in [0.4, 0.5) is 10.2 Å². The molecule has 1 N–H and O–H groups in total. The van der Waals surface area contributed by atoms with Crippen molar-refractivity contribution in [2.24, 2.45) is 0 Å².